The van der Waals surface area contributed by atoms with Crippen molar-refractivity contribution in [2.75, 3.05) is 24.6 Å². The van der Waals surface area contributed by atoms with Gasteiger partial charge < -0.3 is 14.2 Å². The van der Waals surface area contributed by atoms with Gasteiger partial charge >= 0.3 is 0 Å². The SMILES string of the molecule is Cc1nc2c(N3C[C@@H](C)N([C@@H](c4ccc(Cl)cc4)C(C)C)C[C@@H]3C)nc3nncn3c2n1C[C@@H]1CCCO1. The van der Waals surface area contributed by atoms with Gasteiger partial charge in [0.15, 0.2) is 11.5 Å². The molecule has 4 atom stereocenters. The van der Waals surface area contributed by atoms with Gasteiger partial charge in [-0.05, 0) is 57.2 Å². The molecule has 38 heavy (non-hydrogen) atoms. The molecular formula is C28H37ClN8O. The van der Waals surface area contributed by atoms with Gasteiger partial charge in [0.05, 0.1) is 12.6 Å². The summed E-state index contributed by atoms with van der Waals surface area (Å²) in [5, 5.41) is 9.31. The average molecular weight is 537 g/mol. The third-order valence-corrected chi connectivity index (χ3v) is 8.48. The smallest absolute Gasteiger partial charge is 0.258 e. The van der Waals surface area contributed by atoms with E-state index in [1.54, 1.807) is 6.33 Å². The van der Waals surface area contributed by atoms with E-state index in [9.17, 15) is 0 Å². The number of nitrogens with zero attached hydrogens (tertiary/aromatic N) is 8. The lowest BCUT2D eigenvalue weighted by atomic mass is 9.91. The maximum absolute atomic E-state index is 6.21. The predicted octanol–water partition coefficient (Wildman–Crippen LogP) is 4.91. The van der Waals surface area contributed by atoms with Gasteiger partial charge in [-0.1, -0.05) is 37.6 Å². The van der Waals surface area contributed by atoms with Gasteiger partial charge in [0.1, 0.15) is 17.7 Å². The number of imidazole rings is 1. The van der Waals surface area contributed by atoms with Gasteiger partial charge in [-0.2, -0.15) is 4.98 Å². The van der Waals surface area contributed by atoms with E-state index in [2.05, 4.69) is 71.3 Å². The molecule has 3 aromatic heterocycles. The molecule has 0 amide bonds. The Hall–Kier alpha value is -2.75. The lowest BCUT2D eigenvalue weighted by molar-refractivity contribution is 0.0822. The van der Waals surface area contributed by atoms with Crippen LogP contribution in [0.2, 0.25) is 5.02 Å². The van der Waals surface area contributed by atoms with Gasteiger partial charge in [-0.3, -0.25) is 4.90 Å². The molecule has 202 valence electrons. The number of anilines is 1. The van der Waals surface area contributed by atoms with E-state index in [1.807, 2.05) is 16.5 Å². The van der Waals surface area contributed by atoms with Gasteiger partial charge in [0.2, 0.25) is 0 Å². The Morgan fingerprint density at radius 1 is 1.08 bits per heavy atom. The Balaban J connectivity index is 1.37. The number of piperazine rings is 1. The van der Waals surface area contributed by atoms with Crippen LogP contribution in [0.5, 0.6) is 0 Å². The second-order valence-corrected chi connectivity index (χ2v) is 11.7. The molecule has 2 saturated heterocycles. The molecule has 1 aromatic carbocycles. The van der Waals surface area contributed by atoms with Crippen molar-refractivity contribution in [3.8, 4) is 0 Å². The van der Waals surface area contributed by atoms with Crippen molar-refractivity contribution in [1.82, 2.24) is 34.0 Å². The Labute approximate surface area is 228 Å². The first-order valence-electron chi connectivity index (χ1n) is 13.8. The van der Waals surface area contributed by atoms with E-state index < -0.39 is 0 Å². The summed E-state index contributed by atoms with van der Waals surface area (Å²) in [6.45, 7) is 14.7. The first kappa shape index (κ1) is 25.5. The van der Waals surface area contributed by atoms with Crippen LogP contribution in [0.15, 0.2) is 30.6 Å². The molecule has 2 aliphatic rings. The summed E-state index contributed by atoms with van der Waals surface area (Å²) in [5.74, 6) is 2.91. The fourth-order valence-corrected chi connectivity index (χ4v) is 6.54. The zero-order chi connectivity index (χ0) is 26.6. The van der Waals surface area contributed by atoms with Gasteiger partial charge in [0.25, 0.3) is 5.78 Å². The summed E-state index contributed by atoms with van der Waals surface area (Å²) < 4.78 is 10.2. The third kappa shape index (κ3) is 4.44. The molecule has 10 heteroatoms. The topological polar surface area (TPSA) is 76.6 Å². The fraction of sp³-hybridized carbons (Fsp3) is 0.571. The molecule has 2 aliphatic heterocycles. The molecule has 5 heterocycles. The summed E-state index contributed by atoms with van der Waals surface area (Å²) in [6.07, 6.45) is 4.13. The molecule has 6 rings (SSSR count). The van der Waals surface area contributed by atoms with E-state index in [-0.39, 0.29) is 12.1 Å². The van der Waals surface area contributed by atoms with E-state index in [1.165, 1.54) is 5.56 Å². The van der Waals surface area contributed by atoms with E-state index in [0.29, 0.717) is 23.8 Å². The Bertz CT molecular complexity index is 1420. The van der Waals surface area contributed by atoms with Crippen molar-refractivity contribution < 1.29 is 4.74 Å². The summed E-state index contributed by atoms with van der Waals surface area (Å²) in [4.78, 5) is 15.1. The summed E-state index contributed by atoms with van der Waals surface area (Å²) in [7, 11) is 0. The zero-order valence-electron chi connectivity index (χ0n) is 22.9. The summed E-state index contributed by atoms with van der Waals surface area (Å²) >= 11 is 6.21. The van der Waals surface area contributed by atoms with Crippen molar-refractivity contribution >= 4 is 34.4 Å². The minimum atomic E-state index is 0.206. The number of hydrogen-bond donors (Lipinski definition) is 0. The van der Waals surface area contributed by atoms with Crippen molar-refractivity contribution in [2.45, 2.75) is 78.2 Å². The molecule has 0 unspecified atom stereocenters. The molecule has 0 spiro atoms. The minimum Gasteiger partial charge on any atom is -0.376 e. The van der Waals surface area contributed by atoms with E-state index in [4.69, 9.17) is 26.3 Å². The van der Waals surface area contributed by atoms with Crippen molar-refractivity contribution in [3.63, 3.8) is 0 Å². The Kier molecular flexibility index (Phi) is 6.78. The molecular weight excluding hydrogens is 500 g/mol. The quantitative estimate of drug-likeness (QED) is 0.346. The van der Waals surface area contributed by atoms with Crippen molar-refractivity contribution in [3.05, 3.63) is 47.0 Å². The second-order valence-electron chi connectivity index (χ2n) is 11.3. The Morgan fingerprint density at radius 2 is 1.87 bits per heavy atom. The van der Waals surface area contributed by atoms with Crippen LogP contribution < -0.4 is 4.90 Å². The normalized spacial score (nSPS) is 23.8. The van der Waals surface area contributed by atoms with E-state index in [0.717, 1.165) is 66.9 Å². The number of rotatable bonds is 6. The van der Waals surface area contributed by atoms with Crippen molar-refractivity contribution in [1.29, 1.82) is 0 Å². The van der Waals surface area contributed by atoms with Crippen LogP contribution >= 0.6 is 11.6 Å². The van der Waals surface area contributed by atoms with Gasteiger partial charge in [0, 0.05) is 42.8 Å². The number of benzene rings is 1. The van der Waals surface area contributed by atoms with Crippen LogP contribution in [0.25, 0.3) is 16.9 Å². The molecule has 0 saturated carbocycles. The summed E-state index contributed by atoms with van der Waals surface area (Å²) in [6, 6.07) is 9.21. The Morgan fingerprint density at radius 3 is 2.58 bits per heavy atom. The molecule has 9 nitrogen and oxygen atoms in total. The van der Waals surface area contributed by atoms with Crippen LogP contribution in [-0.2, 0) is 11.3 Å². The first-order valence-corrected chi connectivity index (χ1v) is 14.2. The highest BCUT2D eigenvalue weighted by molar-refractivity contribution is 6.30. The maximum Gasteiger partial charge on any atom is 0.258 e. The molecule has 2 fully saturated rings. The largest absolute Gasteiger partial charge is 0.376 e. The number of hydrogen-bond acceptors (Lipinski definition) is 7. The van der Waals surface area contributed by atoms with E-state index >= 15 is 0 Å². The predicted molar refractivity (Wildman–Crippen MR) is 150 cm³/mol. The van der Waals surface area contributed by atoms with Crippen LogP contribution in [-0.4, -0.2) is 71.9 Å². The fourth-order valence-electron chi connectivity index (χ4n) is 6.42. The minimum absolute atomic E-state index is 0.206. The molecule has 0 aliphatic carbocycles. The highest BCUT2D eigenvalue weighted by Gasteiger charge is 2.37. The van der Waals surface area contributed by atoms with Crippen LogP contribution in [0, 0.1) is 12.8 Å². The second kappa shape index (κ2) is 10.1. The monoisotopic (exact) mass is 536 g/mol. The molecule has 0 N–H and O–H groups in total. The molecule has 4 aromatic rings. The van der Waals surface area contributed by atoms with Crippen LogP contribution in [0.3, 0.4) is 0 Å². The maximum atomic E-state index is 6.21. The third-order valence-electron chi connectivity index (χ3n) is 8.22. The van der Waals surface area contributed by atoms with Crippen LogP contribution in [0.4, 0.5) is 5.82 Å². The number of ether oxygens (including phenoxy) is 1. The number of aryl methyl sites for hydroxylation is 1. The molecule has 0 bridgehead atoms. The summed E-state index contributed by atoms with van der Waals surface area (Å²) in [5.41, 5.74) is 3.20. The average Bonchev–Trinajstić information content (AvgIpc) is 3.63. The number of aromatic nitrogens is 6. The molecule has 0 radical (unpaired) electrons. The zero-order valence-corrected chi connectivity index (χ0v) is 23.6. The standard InChI is InChI=1S/C28H37ClN8O/c1-17(2)25(21-8-10-22(29)11-9-21)34-13-19(4)35(14-18(34)3)26-24-27(37-16-30-33-28(37)32-26)36(20(5)31-24)15-23-7-6-12-38-23/h8-11,16-19,23,25H,6-7,12-15H2,1-5H3/t18-,19+,23+,25-/m1/s1. The highest BCUT2D eigenvalue weighted by Crippen LogP contribution is 2.36. The lowest BCUT2D eigenvalue weighted by Crippen LogP contribution is -2.58. The van der Waals surface area contributed by atoms with Gasteiger partial charge in [-0.15, -0.1) is 10.2 Å². The lowest BCUT2D eigenvalue weighted by Gasteiger charge is -2.49. The van der Waals surface area contributed by atoms with Crippen molar-refractivity contribution in [2.24, 2.45) is 5.92 Å². The first-order chi connectivity index (χ1) is 18.3. The van der Waals surface area contributed by atoms with Crippen LogP contribution in [0.1, 0.15) is 58.0 Å². The number of halogens is 1. The highest BCUT2D eigenvalue weighted by atomic mass is 35.5. The van der Waals surface area contributed by atoms with Gasteiger partial charge in [-0.25, -0.2) is 9.38 Å². The number of fused-ring (bicyclic) bond motifs is 3.